The molecule has 0 amide bonds. The fourth-order valence-corrected chi connectivity index (χ4v) is 2.00. The molecule has 108 valence electrons. The van der Waals surface area contributed by atoms with Crippen LogP contribution in [0.15, 0.2) is 48.5 Å². The lowest BCUT2D eigenvalue weighted by atomic mass is 9.91. The van der Waals surface area contributed by atoms with Gasteiger partial charge < -0.3 is 9.84 Å². The second-order valence-electron chi connectivity index (χ2n) is 4.73. The Morgan fingerprint density at radius 2 is 1.33 bits per heavy atom. The van der Waals surface area contributed by atoms with Crippen LogP contribution in [-0.4, -0.2) is 23.8 Å². The van der Waals surface area contributed by atoms with E-state index in [2.05, 4.69) is 0 Å². The topological polar surface area (TPSA) is 63.6 Å². The third-order valence-electron chi connectivity index (χ3n) is 3.31. The third-order valence-corrected chi connectivity index (χ3v) is 3.31. The smallest absolute Gasteiger partial charge is 0.173 e. The molecule has 2 aromatic rings. The minimum absolute atomic E-state index is 0.0840. The van der Waals surface area contributed by atoms with Gasteiger partial charge in [0.2, 0.25) is 0 Å². The van der Waals surface area contributed by atoms with Gasteiger partial charge in [-0.15, -0.1) is 0 Å². The number of rotatable bonds is 5. The van der Waals surface area contributed by atoms with Gasteiger partial charge in [0.1, 0.15) is 11.5 Å². The maximum absolute atomic E-state index is 12.3. The summed E-state index contributed by atoms with van der Waals surface area (Å²) in [6, 6.07) is 12.5. The third kappa shape index (κ3) is 3.28. The van der Waals surface area contributed by atoms with E-state index in [-0.39, 0.29) is 17.3 Å². The Hall–Kier alpha value is -2.62. The van der Waals surface area contributed by atoms with Gasteiger partial charge in [0, 0.05) is 11.1 Å². The van der Waals surface area contributed by atoms with E-state index in [1.165, 1.54) is 24.3 Å². The van der Waals surface area contributed by atoms with Crippen LogP contribution < -0.4 is 4.74 Å². The first-order valence-electron chi connectivity index (χ1n) is 6.54. The van der Waals surface area contributed by atoms with Crippen LogP contribution in [0.5, 0.6) is 11.5 Å². The number of Topliss-reactive ketones (excluding diaryl/α,β-unsaturated/α-hetero) is 2. The van der Waals surface area contributed by atoms with Crippen molar-refractivity contribution in [2.45, 2.75) is 6.92 Å². The van der Waals surface area contributed by atoms with Crippen LogP contribution in [0.1, 0.15) is 27.6 Å². The Bertz CT molecular complexity index is 641. The molecule has 0 saturated heterocycles. The highest BCUT2D eigenvalue weighted by molar-refractivity contribution is 6.15. The number of carbonyl (C=O) groups excluding carboxylic acids is 2. The van der Waals surface area contributed by atoms with Crippen LogP contribution in [0.25, 0.3) is 0 Å². The average molecular weight is 284 g/mol. The molecule has 4 nitrogen and oxygen atoms in total. The molecule has 0 bridgehead atoms. The van der Waals surface area contributed by atoms with Crippen molar-refractivity contribution in [2.75, 3.05) is 7.11 Å². The molecule has 0 heterocycles. The number of carbonyl (C=O) groups is 2. The molecular formula is C17H16O4. The van der Waals surface area contributed by atoms with Crippen molar-refractivity contribution in [1.29, 1.82) is 0 Å². The molecule has 0 aliphatic heterocycles. The average Bonchev–Trinajstić information content (AvgIpc) is 2.53. The number of hydrogen-bond acceptors (Lipinski definition) is 4. The van der Waals surface area contributed by atoms with Crippen LogP contribution in [-0.2, 0) is 0 Å². The Kier molecular flexibility index (Phi) is 4.38. The zero-order chi connectivity index (χ0) is 15.4. The van der Waals surface area contributed by atoms with Crippen molar-refractivity contribution in [3.63, 3.8) is 0 Å². The van der Waals surface area contributed by atoms with Gasteiger partial charge in [0.15, 0.2) is 11.6 Å². The van der Waals surface area contributed by atoms with Crippen molar-refractivity contribution in [3.05, 3.63) is 59.7 Å². The number of aromatic hydroxyl groups is 1. The highest BCUT2D eigenvalue weighted by Gasteiger charge is 2.23. The van der Waals surface area contributed by atoms with E-state index in [9.17, 15) is 14.7 Å². The number of phenolic OH excluding ortho intramolecular Hbond substituents is 1. The van der Waals surface area contributed by atoms with Gasteiger partial charge in [0.05, 0.1) is 13.0 Å². The van der Waals surface area contributed by atoms with Gasteiger partial charge in [-0.05, 0) is 55.5 Å². The summed E-state index contributed by atoms with van der Waals surface area (Å²) in [6.45, 7) is 1.59. The van der Waals surface area contributed by atoms with Crippen LogP contribution >= 0.6 is 0 Å². The van der Waals surface area contributed by atoms with E-state index in [4.69, 9.17) is 4.74 Å². The summed E-state index contributed by atoms with van der Waals surface area (Å²) in [5.74, 6) is -0.542. The summed E-state index contributed by atoms with van der Waals surface area (Å²) in [7, 11) is 1.55. The van der Waals surface area contributed by atoms with E-state index in [1.807, 2.05) is 0 Å². The lowest BCUT2D eigenvalue weighted by molar-refractivity contribution is 0.0821. The molecule has 1 atom stereocenters. The quantitative estimate of drug-likeness (QED) is 0.677. The summed E-state index contributed by atoms with van der Waals surface area (Å²) < 4.78 is 5.04. The summed E-state index contributed by atoms with van der Waals surface area (Å²) in [5, 5.41) is 9.22. The normalized spacial score (nSPS) is 11.7. The summed E-state index contributed by atoms with van der Waals surface area (Å²) in [4.78, 5) is 24.6. The fourth-order valence-electron chi connectivity index (χ4n) is 2.00. The maximum atomic E-state index is 12.3. The molecule has 0 radical (unpaired) electrons. The number of phenols is 1. The molecule has 1 unspecified atom stereocenters. The molecule has 0 saturated carbocycles. The standard InChI is InChI=1S/C17H16O4/c1-11(16(19)12-3-7-14(18)8-4-12)17(20)13-5-9-15(21-2)10-6-13/h3-11,18H,1-2H3. The van der Waals surface area contributed by atoms with Crippen molar-refractivity contribution >= 4 is 11.6 Å². The summed E-state index contributed by atoms with van der Waals surface area (Å²) >= 11 is 0. The largest absolute Gasteiger partial charge is 0.508 e. The van der Waals surface area contributed by atoms with Gasteiger partial charge in [-0.3, -0.25) is 9.59 Å². The van der Waals surface area contributed by atoms with Crippen molar-refractivity contribution in [3.8, 4) is 11.5 Å². The molecule has 2 rings (SSSR count). The summed E-state index contributed by atoms with van der Waals surface area (Å²) in [6.07, 6.45) is 0. The highest BCUT2D eigenvalue weighted by Crippen LogP contribution is 2.19. The van der Waals surface area contributed by atoms with E-state index in [0.717, 1.165) is 0 Å². The van der Waals surface area contributed by atoms with E-state index in [1.54, 1.807) is 38.3 Å². The van der Waals surface area contributed by atoms with Crippen molar-refractivity contribution < 1.29 is 19.4 Å². The second kappa shape index (κ2) is 6.22. The molecule has 0 fully saturated rings. The minimum Gasteiger partial charge on any atom is -0.508 e. The highest BCUT2D eigenvalue weighted by atomic mass is 16.5. The van der Waals surface area contributed by atoms with Gasteiger partial charge in [-0.1, -0.05) is 0 Å². The molecule has 1 N–H and O–H groups in total. The SMILES string of the molecule is COc1ccc(C(=O)C(C)C(=O)c2ccc(O)cc2)cc1. The van der Waals surface area contributed by atoms with Gasteiger partial charge in [-0.25, -0.2) is 0 Å². The number of hydrogen-bond donors (Lipinski definition) is 1. The Morgan fingerprint density at radius 1 is 0.905 bits per heavy atom. The van der Waals surface area contributed by atoms with E-state index >= 15 is 0 Å². The second-order valence-corrected chi connectivity index (χ2v) is 4.73. The molecule has 21 heavy (non-hydrogen) atoms. The molecule has 0 aliphatic rings. The fraction of sp³-hybridized carbons (Fsp3) is 0.176. The molecular weight excluding hydrogens is 268 g/mol. The first kappa shape index (κ1) is 14.8. The van der Waals surface area contributed by atoms with Crippen molar-refractivity contribution in [2.24, 2.45) is 5.92 Å². The molecule has 0 aromatic heterocycles. The van der Waals surface area contributed by atoms with Crippen LogP contribution in [0, 0.1) is 5.92 Å². The Balaban J connectivity index is 2.17. The maximum Gasteiger partial charge on any atom is 0.173 e. The van der Waals surface area contributed by atoms with Crippen LogP contribution in [0.4, 0.5) is 0 Å². The van der Waals surface area contributed by atoms with Gasteiger partial charge in [-0.2, -0.15) is 0 Å². The first-order valence-corrected chi connectivity index (χ1v) is 6.54. The zero-order valence-corrected chi connectivity index (χ0v) is 11.9. The van der Waals surface area contributed by atoms with Gasteiger partial charge >= 0.3 is 0 Å². The molecule has 4 heteroatoms. The first-order chi connectivity index (χ1) is 10.0. The monoisotopic (exact) mass is 284 g/mol. The minimum atomic E-state index is -0.775. The van der Waals surface area contributed by atoms with Crippen molar-refractivity contribution in [1.82, 2.24) is 0 Å². The number of benzene rings is 2. The number of ketones is 2. The predicted molar refractivity (Wildman–Crippen MR) is 78.9 cm³/mol. The molecule has 2 aromatic carbocycles. The summed E-state index contributed by atoms with van der Waals surface area (Å²) in [5.41, 5.74) is 0.873. The van der Waals surface area contributed by atoms with Crippen LogP contribution in [0.2, 0.25) is 0 Å². The van der Waals surface area contributed by atoms with Crippen LogP contribution in [0.3, 0.4) is 0 Å². The molecule has 0 spiro atoms. The van der Waals surface area contributed by atoms with Gasteiger partial charge in [0.25, 0.3) is 0 Å². The van der Waals surface area contributed by atoms with E-state index < -0.39 is 5.92 Å². The Labute approximate surface area is 123 Å². The predicted octanol–water partition coefficient (Wildman–Crippen LogP) is 3.10. The number of methoxy groups -OCH3 is 1. The van der Waals surface area contributed by atoms with E-state index in [0.29, 0.717) is 16.9 Å². The molecule has 0 aliphatic carbocycles. The lowest BCUT2D eigenvalue weighted by Gasteiger charge is -2.10. The lowest BCUT2D eigenvalue weighted by Crippen LogP contribution is -2.21. The number of ether oxygens (including phenoxy) is 1. The Morgan fingerprint density at radius 3 is 1.76 bits per heavy atom. The zero-order valence-electron chi connectivity index (χ0n) is 11.9.